The molecular formula is C25H24N4O3. The number of hydrogen-bond acceptors (Lipinski definition) is 4. The highest BCUT2D eigenvalue weighted by Crippen LogP contribution is 2.28. The molecular weight excluding hydrogens is 404 g/mol. The van der Waals surface area contributed by atoms with Crippen molar-refractivity contribution in [3.8, 4) is 5.69 Å². The number of benzene rings is 2. The van der Waals surface area contributed by atoms with Crippen molar-refractivity contribution in [1.82, 2.24) is 19.7 Å². The number of para-hydroxylation sites is 1. The lowest BCUT2D eigenvalue weighted by Crippen LogP contribution is -2.35. The number of ether oxygens (including phenoxy) is 1. The van der Waals surface area contributed by atoms with Crippen LogP contribution < -0.4 is 0 Å². The van der Waals surface area contributed by atoms with Gasteiger partial charge in [-0.05, 0) is 44.2 Å². The number of hydrogen-bond donors (Lipinski definition) is 1. The molecule has 0 radical (unpaired) electrons. The number of aromatic nitrogens is 3. The summed E-state index contributed by atoms with van der Waals surface area (Å²) in [6.45, 7) is 5.19. The van der Waals surface area contributed by atoms with Crippen LogP contribution in [0, 0.1) is 6.92 Å². The van der Waals surface area contributed by atoms with Crippen molar-refractivity contribution in [3.05, 3.63) is 82.8 Å². The number of carbonyl (C=O) groups is 2. The molecule has 1 N–H and O–H groups in total. The zero-order valence-corrected chi connectivity index (χ0v) is 18.1. The second-order valence-electron chi connectivity index (χ2n) is 7.93. The number of carbonyl (C=O) groups excluding carboxylic acids is 2. The molecule has 0 aliphatic carbocycles. The Morgan fingerprint density at radius 2 is 1.91 bits per heavy atom. The molecule has 32 heavy (non-hydrogen) atoms. The Morgan fingerprint density at radius 3 is 2.69 bits per heavy atom. The van der Waals surface area contributed by atoms with Crippen LogP contribution in [0.5, 0.6) is 0 Å². The topological polar surface area (TPSA) is 80.2 Å². The van der Waals surface area contributed by atoms with Gasteiger partial charge in [0.1, 0.15) is 5.56 Å². The van der Waals surface area contributed by atoms with E-state index in [-0.39, 0.29) is 11.9 Å². The van der Waals surface area contributed by atoms with Crippen LogP contribution in [-0.4, -0.2) is 44.7 Å². The zero-order valence-electron chi connectivity index (χ0n) is 18.1. The van der Waals surface area contributed by atoms with Crippen LogP contribution in [0.25, 0.3) is 16.6 Å². The first-order chi connectivity index (χ1) is 15.6. The molecule has 1 amide bonds. The Morgan fingerprint density at radius 1 is 1.12 bits per heavy atom. The van der Waals surface area contributed by atoms with Crippen LogP contribution >= 0.6 is 0 Å². The first kappa shape index (κ1) is 20.1. The van der Waals surface area contributed by atoms with Crippen molar-refractivity contribution in [2.45, 2.75) is 26.8 Å². The highest BCUT2D eigenvalue weighted by Gasteiger charge is 2.25. The maximum Gasteiger partial charge on any atom is 0.341 e. The number of rotatable bonds is 4. The molecule has 0 atom stereocenters. The van der Waals surface area contributed by atoms with E-state index < -0.39 is 0 Å². The van der Waals surface area contributed by atoms with Gasteiger partial charge < -0.3 is 14.6 Å². The predicted octanol–water partition coefficient (Wildman–Crippen LogP) is 4.04. The fraction of sp³-hybridized carbons (Fsp3) is 0.240. The van der Waals surface area contributed by atoms with E-state index in [4.69, 9.17) is 4.74 Å². The third-order valence-corrected chi connectivity index (χ3v) is 6.03. The van der Waals surface area contributed by atoms with E-state index in [1.165, 1.54) is 22.8 Å². The second-order valence-corrected chi connectivity index (χ2v) is 7.93. The molecule has 3 heterocycles. The lowest BCUT2D eigenvalue weighted by molar-refractivity contribution is 0.0525. The fourth-order valence-electron chi connectivity index (χ4n) is 4.35. The molecule has 7 heteroatoms. The third kappa shape index (κ3) is 3.36. The summed E-state index contributed by atoms with van der Waals surface area (Å²) in [4.78, 5) is 30.6. The van der Waals surface area contributed by atoms with Gasteiger partial charge in [-0.1, -0.05) is 18.2 Å². The Hall–Kier alpha value is -3.87. The lowest BCUT2D eigenvalue weighted by Gasteiger charge is -2.27. The monoisotopic (exact) mass is 428 g/mol. The van der Waals surface area contributed by atoms with Gasteiger partial charge >= 0.3 is 5.97 Å². The van der Waals surface area contributed by atoms with Gasteiger partial charge in [-0.25, -0.2) is 9.48 Å². The SMILES string of the molecule is CCOC(=O)c1cnn(-c2ccc(C(=O)N3CCc4[nH]c5ccccc5c4C3)cc2)c1C. The molecule has 7 nitrogen and oxygen atoms in total. The fourth-order valence-corrected chi connectivity index (χ4v) is 4.35. The molecule has 2 aromatic carbocycles. The summed E-state index contributed by atoms with van der Waals surface area (Å²) < 4.78 is 6.76. The molecule has 2 aromatic heterocycles. The smallest absolute Gasteiger partial charge is 0.341 e. The standard InChI is InChI=1S/C25H24N4O3/c1-3-32-25(31)20-14-26-29(16(20)2)18-10-8-17(9-11-18)24(30)28-13-12-23-21(15-28)19-6-4-5-7-22(19)27-23/h4-11,14,27H,3,12-13,15H2,1-2H3. The Labute approximate surface area is 185 Å². The highest BCUT2D eigenvalue weighted by molar-refractivity contribution is 5.95. The van der Waals surface area contributed by atoms with E-state index in [1.807, 2.05) is 48.2 Å². The lowest BCUT2D eigenvalue weighted by atomic mass is 10.0. The average molecular weight is 428 g/mol. The molecule has 0 spiro atoms. The van der Waals surface area contributed by atoms with Crippen molar-refractivity contribution in [2.75, 3.05) is 13.2 Å². The number of amides is 1. The number of nitrogens with zero attached hydrogens (tertiary/aromatic N) is 3. The van der Waals surface area contributed by atoms with Gasteiger partial charge in [-0.2, -0.15) is 5.10 Å². The van der Waals surface area contributed by atoms with Crippen molar-refractivity contribution < 1.29 is 14.3 Å². The van der Waals surface area contributed by atoms with E-state index in [1.54, 1.807) is 11.6 Å². The average Bonchev–Trinajstić information content (AvgIpc) is 3.39. The van der Waals surface area contributed by atoms with Crippen LogP contribution in [-0.2, 0) is 17.7 Å². The molecule has 0 bridgehead atoms. The summed E-state index contributed by atoms with van der Waals surface area (Å²) in [7, 11) is 0. The molecule has 5 rings (SSSR count). The minimum atomic E-state index is -0.384. The van der Waals surface area contributed by atoms with E-state index in [0.29, 0.717) is 36.5 Å². The predicted molar refractivity (Wildman–Crippen MR) is 121 cm³/mol. The van der Waals surface area contributed by atoms with Gasteiger partial charge in [0, 0.05) is 47.2 Å². The van der Waals surface area contributed by atoms with Crippen LogP contribution in [0.3, 0.4) is 0 Å². The van der Waals surface area contributed by atoms with Crippen molar-refractivity contribution in [2.24, 2.45) is 0 Å². The number of aromatic amines is 1. The van der Waals surface area contributed by atoms with Crippen molar-refractivity contribution in [3.63, 3.8) is 0 Å². The van der Waals surface area contributed by atoms with E-state index in [9.17, 15) is 9.59 Å². The van der Waals surface area contributed by atoms with Gasteiger partial charge in [0.2, 0.25) is 0 Å². The van der Waals surface area contributed by atoms with Crippen molar-refractivity contribution >= 4 is 22.8 Å². The van der Waals surface area contributed by atoms with E-state index >= 15 is 0 Å². The highest BCUT2D eigenvalue weighted by atomic mass is 16.5. The summed E-state index contributed by atoms with van der Waals surface area (Å²) >= 11 is 0. The molecule has 0 saturated heterocycles. The number of H-pyrrole nitrogens is 1. The molecule has 1 aliphatic rings. The van der Waals surface area contributed by atoms with Gasteiger partial charge in [0.25, 0.3) is 5.91 Å². The van der Waals surface area contributed by atoms with E-state index in [0.717, 1.165) is 17.6 Å². The Bertz CT molecular complexity index is 1320. The van der Waals surface area contributed by atoms with E-state index in [2.05, 4.69) is 22.2 Å². The second kappa shape index (κ2) is 8.00. The number of nitrogens with one attached hydrogen (secondary N) is 1. The molecule has 4 aromatic rings. The summed E-state index contributed by atoms with van der Waals surface area (Å²) in [5.41, 5.74) is 6.10. The third-order valence-electron chi connectivity index (χ3n) is 6.03. The van der Waals surface area contributed by atoms with Gasteiger partial charge in [0.15, 0.2) is 0 Å². The van der Waals surface area contributed by atoms with Gasteiger partial charge in [-0.3, -0.25) is 4.79 Å². The van der Waals surface area contributed by atoms with Crippen LogP contribution in [0.4, 0.5) is 0 Å². The largest absolute Gasteiger partial charge is 0.462 e. The summed E-state index contributed by atoms with van der Waals surface area (Å²) in [5, 5.41) is 5.50. The molecule has 1 aliphatic heterocycles. The summed E-state index contributed by atoms with van der Waals surface area (Å²) in [5.74, 6) is -0.373. The zero-order chi connectivity index (χ0) is 22.2. The molecule has 162 valence electrons. The normalized spacial score (nSPS) is 13.2. The quantitative estimate of drug-likeness (QED) is 0.498. The number of fused-ring (bicyclic) bond motifs is 3. The maximum absolute atomic E-state index is 13.2. The molecule has 0 unspecified atom stereocenters. The van der Waals surface area contributed by atoms with Crippen LogP contribution in [0.1, 0.15) is 44.6 Å². The first-order valence-corrected chi connectivity index (χ1v) is 10.8. The van der Waals surface area contributed by atoms with Crippen molar-refractivity contribution in [1.29, 1.82) is 0 Å². The first-order valence-electron chi connectivity index (χ1n) is 10.8. The molecule has 0 saturated carbocycles. The van der Waals surface area contributed by atoms with Gasteiger partial charge in [0.05, 0.1) is 24.2 Å². The minimum absolute atomic E-state index is 0.0110. The van der Waals surface area contributed by atoms with Gasteiger partial charge in [-0.15, -0.1) is 0 Å². The molecule has 0 fully saturated rings. The number of esters is 1. The summed E-state index contributed by atoms with van der Waals surface area (Å²) in [6.07, 6.45) is 2.33. The van der Waals surface area contributed by atoms with Crippen LogP contribution in [0.2, 0.25) is 0 Å². The Balaban J connectivity index is 1.36. The minimum Gasteiger partial charge on any atom is -0.462 e. The summed E-state index contributed by atoms with van der Waals surface area (Å²) in [6, 6.07) is 15.5. The van der Waals surface area contributed by atoms with Crippen LogP contribution in [0.15, 0.2) is 54.7 Å². The Kier molecular flexibility index (Phi) is 5.01. The maximum atomic E-state index is 13.2.